The van der Waals surface area contributed by atoms with Crippen molar-refractivity contribution >= 4 is 57.3 Å². The summed E-state index contributed by atoms with van der Waals surface area (Å²) in [4.78, 5) is 26.4. The van der Waals surface area contributed by atoms with E-state index in [-0.39, 0.29) is 24.2 Å². The van der Waals surface area contributed by atoms with Crippen LogP contribution in [0.4, 0.5) is 10.8 Å². The fraction of sp³-hybridized carbons (Fsp3) is 0.200. The molecule has 0 spiro atoms. The lowest BCUT2D eigenvalue weighted by atomic mass is 10.2. The third kappa shape index (κ3) is 5.10. The Bertz CT molecular complexity index is 1060. The molecule has 2 aromatic carbocycles. The number of rotatable bonds is 7. The molecule has 1 aliphatic heterocycles. The largest absolute Gasteiger partial charge is 0.484 e. The van der Waals surface area contributed by atoms with Crippen LogP contribution in [0.5, 0.6) is 5.75 Å². The maximum atomic E-state index is 12.6. The molecule has 0 aliphatic carbocycles. The average Bonchev–Trinajstić information content (AvgIpc) is 3.38. The normalized spacial score (nSPS) is 12.5. The lowest BCUT2D eigenvalue weighted by Crippen LogP contribution is -2.30. The minimum Gasteiger partial charge on any atom is -0.484 e. The molecule has 0 fully saturated rings. The molecule has 30 heavy (non-hydrogen) atoms. The number of hydrogen-bond donors (Lipinski definition) is 1. The third-order valence-corrected chi connectivity index (χ3v) is 6.55. The van der Waals surface area contributed by atoms with Crippen molar-refractivity contribution in [3.8, 4) is 5.75 Å². The molecule has 0 saturated carbocycles. The molecule has 3 aromatic rings. The number of carbonyl (C=O) groups is 2. The number of hydrogen-bond acceptors (Lipinski definition) is 7. The number of anilines is 2. The first-order chi connectivity index (χ1) is 14.6. The van der Waals surface area contributed by atoms with Gasteiger partial charge in [0.05, 0.1) is 5.75 Å². The van der Waals surface area contributed by atoms with Gasteiger partial charge in [-0.25, -0.2) is 0 Å². The van der Waals surface area contributed by atoms with Crippen LogP contribution in [0.25, 0.3) is 0 Å². The number of fused-ring (bicyclic) bond motifs is 1. The monoisotopic (exact) mass is 460 g/mol. The highest BCUT2D eigenvalue weighted by Crippen LogP contribution is 2.30. The van der Waals surface area contributed by atoms with Crippen LogP contribution < -0.4 is 15.0 Å². The van der Waals surface area contributed by atoms with E-state index in [1.807, 2.05) is 24.3 Å². The first kappa shape index (κ1) is 20.6. The van der Waals surface area contributed by atoms with E-state index in [1.165, 1.54) is 28.7 Å². The van der Waals surface area contributed by atoms with Crippen LogP contribution in [0.15, 0.2) is 52.9 Å². The number of aromatic nitrogens is 2. The van der Waals surface area contributed by atoms with Gasteiger partial charge >= 0.3 is 0 Å². The highest BCUT2D eigenvalue weighted by atomic mass is 35.5. The van der Waals surface area contributed by atoms with Gasteiger partial charge in [-0.15, -0.1) is 10.2 Å². The molecule has 0 radical (unpaired) electrons. The predicted octanol–water partition coefficient (Wildman–Crippen LogP) is 3.89. The SMILES string of the molecule is O=C(COc1ccc(Cl)cc1)Nc1nnc(SCC(=O)N2CCc3ccccc32)s1. The number of ether oxygens (including phenoxy) is 1. The Morgan fingerprint density at radius 1 is 1.17 bits per heavy atom. The molecule has 0 unspecified atom stereocenters. The minimum absolute atomic E-state index is 0.0297. The number of benzene rings is 2. The minimum atomic E-state index is -0.345. The maximum absolute atomic E-state index is 12.6. The summed E-state index contributed by atoms with van der Waals surface area (Å²) >= 11 is 8.34. The lowest BCUT2D eigenvalue weighted by molar-refractivity contribution is -0.118. The summed E-state index contributed by atoms with van der Waals surface area (Å²) in [5.41, 5.74) is 2.17. The van der Waals surface area contributed by atoms with E-state index in [4.69, 9.17) is 16.3 Å². The van der Waals surface area contributed by atoms with Crippen molar-refractivity contribution < 1.29 is 14.3 Å². The van der Waals surface area contributed by atoms with E-state index in [9.17, 15) is 9.59 Å². The maximum Gasteiger partial charge on any atom is 0.264 e. The second-order valence-electron chi connectivity index (χ2n) is 6.38. The quantitative estimate of drug-likeness (QED) is 0.425. The summed E-state index contributed by atoms with van der Waals surface area (Å²) in [5.74, 6) is 0.492. The van der Waals surface area contributed by atoms with Crippen molar-refractivity contribution in [3.05, 3.63) is 59.1 Å². The summed E-state index contributed by atoms with van der Waals surface area (Å²) in [5, 5.41) is 11.6. The molecule has 10 heteroatoms. The Balaban J connectivity index is 1.24. The van der Waals surface area contributed by atoms with Gasteiger partial charge in [-0.3, -0.25) is 14.9 Å². The number of thioether (sulfide) groups is 1. The molecule has 2 heterocycles. The van der Waals surface area contributed by atoms with Crippen molar-refractivity contribution in [3.63, 3.8) is 0 Å². The van der Waals surface area contributed by atoms with E-state index in [0.29, 0.717) is 26.8 Å². The summed E-state index contributed by atoms with van der Waals surface area (Å²) < 4.78 is 6.01. The smallest absolute Gasteiger partial charge is 0.264 e. The number of amides is 2. The predicted molar refractivity (Wildman–Crippen MR) is 119 cm³/mol. The molecule has 0 saturated heterocycles. The number of para-hydroxylation sites is 1. The van der Waals surface area contributed by atoms with Crippen LogP contribution in [0, 0.1) is 0 Å². The first-order valence-corrected chi connectivity index (χ1v) is 11.3. The molecular weight excluding hydrogens is 444 g/mol. The van der Waals surface area contributed by atoms with Crippen LogP contribution in [-0.2, 0) is 16.0 Å². The van der Waals surface area contributed by atoms with Crippen LogP contribution in [0.3, 0.4) is 0 Å². The van der Waals surface area contributed by atoms with Crippen molar-refractivity contribution in [2.24, 2.45) is 0 Å². The van der Waals surface area contributed by atoms with Gasteiger partial charge in [0.2, 0.25) is 11.0 Å². The van der Waals surface area contributed by atoms with Gasteiger partial charge in [0, 0.05) is 17.3 Å². The molecule has 7 nitrogen and oxygen atoms in total. The summed E-state index contributed by atoms with van der Waals surface area (Å²) in [6.45, 7) is 0.542. The van der Waals surface area contributed by atoms with Gasteiger partial charge in [0.15, 0.2) is 10.9 Å². The van der Waals surface area contributed by atoms with Crippen molar-refractivity contribution in [1.29, 1.82) is 0 Å². The number of nitrogens with one attached hydrogen (secondary N) is 1. The third-order valence-electron chi connectivity index (χ3n) is 4.34. The molecular formula is C20H17ClN4O3S2. The summed E-state index contributed by atoms with van der Waals surface area (Å²) in [6, 6.07) is 14.7. The van der Waals surface area contributed by atoms with Crippen molar-refractivity contribution in [2.75, 3.05) is 29.1 Å². The van der Waals surface area contributed by atoms with Crippen LogP contribution in [0.1, 0.15) is 5.56 Å². The number of carbonyl (C=O) groups excluding carboxylic acids is 2. The lowest BCUT2D eigenvalue weighted by Gasteiger charge is -2.16. The fourth-order valence-electron chi connectivity index (χ4n) is 2.95. The molecule has 0 bridgehead atoms. The number of halogens is 1. The average molecular weight is 461 g/mol. The Morgan fingerprint density at radius 2 is 1.97 bits per heavy atom. The fourth-order valence-corrected chi connectivity index (χ4v) is 4.72. The van der Waals surface area contributed by atoms with Gasteiger partial charge in [-0.05, 0) is 42.3 Å². The Hall–Kier alpha value is -2.62. The molecule has 154 valence electrons. The van der Waals surface area contributed by atoms with Crippen molar-refractivity contribution in [2.45, 2.75) is 10.8 Å². The Morgan fingerprint density at radius 3 is 2.80 bits per heavy atom. The van der Waals surface area contributed by atoms with Crippen LogP contribution >= 0.6 is 34.7 Å². The van der Waals surface area contributed by atoms with E-state index < -0.39 is 0 Å². The van der Waals surface area contributed by atoms with Crippen LogP contribution in [-0.4, -0.2) is 40.9 Å². The van der Waals surface area contributed by atoms with Crippen LogP contribution in [0.2, 0.25) is 5.02 Å². The topological polar surface area (TPSA) is 84.4 Å². The second kappa shape index (κ2) is 9.46. The second-order valence-corrected chi connectivity index (χ2v) is 9.01. The number of nitrogens with zero attached hydrogens (tertiary/aromatic N) is 3. The Labute approximate surface area is 186 Å². The van der Waals surface area contributed by atoms with Gasteiger partial charge in [0.1, 0.15) is 5.75 Å². The molecule has 1 N–H and O–H groups in total. The van der Waals surface area contributed by atoms with Gasteiger partial charge in [-0.1, -0.05) is 52.9 Å². The van der Waals surface area contributed by atoms with E-state index in [1.54, 1.807) is 29.2 Å². The molecule has 2 amide bonds. The summed E-state index contributed by atoms with van der Waals surface area (Å²) in [6.07, 6.45) is 0.875. The van der Waals surface area contributed by atoms with E-state index in [0.717, 1.165) is 12.1 Å². The molecule has 4 rings (SSSR count). The zero-order valence-corrected chi connectivity index (χ0v) is 18.1. The van der Waals surface area contributed by atoms with Gasteiger partial charge in [0.25, 0.3) is 5.91 Å². The zero-order valence-electron chi connectivity index (χ0n) is 15.7. The Kier molecular flexibility index (Phi) is 6.51. The molecule has 1 aliphatic rings. The zero-order chi connectivity index (χ0) is 20.9. The van der Waals surface area contributed by atoms with E-state index >= 15 is 0 Å². The molecule has 0 atom stereocenters. The first-order valence-electron chi connectivity index (χ1n) is 9.11. The van der Waals surface area contributed by atoms with Gasteiger partial charge in [-0.2, -0.15) is 0 Å². The molecule has 1 aromatic heterocycles. The highest BCUT2D eigenvalue weighted by Gasteiger charge is 2.24. The van der Waals surface area contributed by atoms with Gasteiger partial charge < -0.3 is 9.64 Å². The highest BCUT2D eigenvalue weighted by molar-refractivity contribution is 8.01. The summed E-state index contributed by atoms with van der Waals surface area (Å²) in [7, 11) is 0. The van der Waals surface area contributed by atoms with E-state index in [2.05, 4.69) is 15.5 Å². The standard InChI is InChI=1S/C20H17ClN4O3S2/c21-14-5-7-15(8-6-14)28-11-17(26)22-19-23-24-20(30-19)29-12-18(27)25-10-9-13-3-1-2-4-16(13)25/h1-8H,9-12H2,(H,22,23,26). The van der Waals surface area contributed by atoms with Crippen molar-refractivity contribution in [1.82, 2.24) is 10.2 Å².